The zero-order valence-corrected chi connectivity index (χ0v) is 7.88. The van der Waals surface area contributed by atoms with E-state index in [1.54, 1.807) is 0 Å². The summed E-state index contributed by atoms with van der Waals surface area (Å²) in [5.74, 6) is 0.487. The fraction of sp³-hybridized carbons (Fsp3) is 0.455. The summed E-state index contributed by atoms with van der Waals surface area (Å²) in [6.45, 7) is 5.09. The van der Waals surface area contributed by atoms with Crippen LogP contribution in [0.2, 0.25) is 0 Å². The highest BCUT2D eigenvalue weighted by molar-refractivity contribution is 5.30. The summed E-state index contributed by atoms with van der Waals surface area (Å²) in [5.41, 5.74) is 8.46. The summed E-state index contributed by atoms with van der Waals surface area (Å²) >= 11 is 0. The molecule has 0 amide bonds. The highest BCUT2D eigenvalue weighted by Gasteiger charge is 2.05. The number of nitrogens with two attached hydrogens (primary N) is 1. The van der Waals surface area contributed by atoms with Crippen molar-refractivity contribution in [3.63, 3.8) is 0 Å². The third-order valence-electron chi connectivity index (χ3n) is 2.32. The van der Waals surface area contributed by atoms with E-state index < -0.39 is 0 Å². The summed E-state index contributed by atoms with van der Waals surface area (Å²) in [4.78, 5) is 0. The molecular formula is C11H17N. The van der Waals surface area contributed by atoms with E-state index in [1.807, 2.05) is 0 Å². The lowest BCUT2D eigenvalue weighted by Gasteiger charge is -2.12. The van der Waals surface area contributed by atoms with Crippen LogP contribution < -0.4 is 5.73 Å². The van der Waals surface area contributed by atoms with Gasteiger partial charge in [0.25, 0.3) is 0 Å². The standard InChI is InChI=1S/C11H17N/c1-3-10-6-4-5-7-11(10)9(2)8-12/h4-7,9H,3,8,12H2,1-2H3/t9-/m0/s1. The normalized spacial score (nSPS) is 12.9. The van der Waals surface area contributed by atoms with Crippen LogP contribution in [0.4, 0.5) is 0 Å². The fourth-order valence-corrected chi connectivity index (χ4v) is 1.46. The Morgan fingerprint density at radius 1 is 1.33 bits per heavy atom. The van der Waals surface area contributed by atoms with Crippen molar-refractivity contribution in [3.8, 4) is 0 Å². The number of hydrogen-bond donors (Lipinski definition) is 1. The van der Waals surface area contributed by atoms with Crippen LogP contribution in [0.3, 0.4) is 0 Å². The largest absolute Gasteiger partial charge is 0.330 e. The molecule has 0 radical (unpaired) electrons. The van der Waals surface area contributed by atoms with E-state index >= 15 is 0 Å². The quantitative estimate of drug-likeness (QED) is 0.727. The molecule has 12 heavy (non-hydrogen) atoms. The molecule has 0 aliphatic carbocycles. The molecule has 2 N–H and O–H groups in total. The lowest BCUT2D eigenvalue weighted by Crippen LogP contribution is -2.10. The van der Waals surface area contributed by atoms with Crippen LogP contribution >= 0.6 is 0 Å². The predicted octanol–water partition coefficient (Wildman–Crippen LogP) is 2.31. The van der Waals surface area contributed by atoms with Crippen LogP contribution in [-0.2, 0) is 6.42 Å². The maximum Gasteiger partial charge on any atom is -0.00108 e. The van der Waals surface area contributed by atoms with Crippen molar-refractivity contribution in [1.82, 2.24) is 0 Å². The van der Waals surface area contributed by atoms with Crippen molar-refractivity contribution in [3.05, 3.63) is 35.4 Å². The molecule has 1 heteroatoms. The Balaban J connectivity index is 2.96. The highest BCUT2D eigenvalue weighted by Crippen LogP contribution is 2.18. The Bertz CT molecular complexity index is 243. The van der Waals surface area contributed by atoms with Crippen LogP contribution in [0.5, 0.6) is 0 Å². The van der Waals surface area contributed by atoms with Crippen molar-refractivity contribution >= 4 is 0 Å². The maximum absolute atomic E-state index is 5.63. The van der Waals surface area contributed by atoms with Crippen molar-refractivity contribution in [2.45, 2.75) is 26.2 Å². The topological polar surface area (TPSA) is 26.0 Å². The summed E-state index contributed by atoms with van der Waals surface area (Å²) < 4.78 is 0. The molecule has 0 unspecified atom stereocenters. The first kappa shape index (κ1) is 9.27. The van der Waals surface area contributed by atoms with Gasteiger partial charge in [0.05, 0.1) is 0 Å². The third kappa shape index (κ3) is 1.86. The minimum absolute atomic E-state index is 0.487. The van der Waals surface area contributed by atoms with Crippen LogP contribution in [0.25, 0.3) is 0 Å². The molecule has 0 fully saturated rings. The average Bonchev–Trinajstić information content (AvgIpc) is 2.16. The van der Waals surface area contributed by atoms with Crippen molar-refractivity contribution in [2.24, 2.45) is 5.73 Å². The van der Waals surface area contributed by atoms with E-state index in [9.17, 15) is 0 Å². The molecule has 0 heterocycles. The second kappa shape index (κ2) is 4.27. The minimum Gasteiger partial charge on any atom is -0.330 e. The second-order valence-electron chi connectivity index (χ2n) is 3.19. The summed E-state index contributed by atoms with van der Waals surface area (Å²) in [6.07, 6.45) is 1.10. The zero-order chi connectivity index (χ0) is 8.97. The molecule has 1 atom stereocenters. The summed E-state index contributed by atoms with van der Waals surface area (Å²) in [7, 11) is 0. The van der Waals surface area contributed by atoms with E-state index in [0.29, 0.717) is 5.92 Å². The highest BCUT2D eigenvalue weighted by atomic mass is 14.5. The van der Waals surface area contributed by atoms with E-state index in [4.69, 9.17) is 5.73 Å². The Kier molecular flexibility index (Phi) is 3.30. The molecule has 0 saturated carbocycles. The first-order valence-corrected chi connectivity index (χ1v) is 4.57. The first-order valence-electron chi connectivity index (χ1n) is 4.57. The van der Waals surface area contributed by atoms with Gasteiger partial charge in [-0.2, -0.15) is 0 Å². The van der Waals surface area contributed by atoms with Gasteiger partial charge < -0.3 is 5.73 Å². The summed E-state index contributed by atoms with van der Waals surface area (Å²) in [5, 5.41) is 0. The first-order chi connectivity index (χ1) is 5.79. The lowest BCUT2D eigenvalue weighted by atomic mass is 9.95. The minimum atomic E-state index is 0.487. The molecule has 1 aromatic carbocycles. The smallest absolute Gasteiger partial charge is 0.00108 e. The van der Waals surface area contributed by atoms with Gasteiger partial charge in [0.2, 0.25) is 0 Å². The molecule has 0 spiro atoms. The second-order valence-corrected chi connectivity index (χ2v) is 3.19. The molecule has 0 aliphatic rings. The van der Waals surface area contributed by atoms with Gasteiger partial charge in [-0.05, 0) is 30.0 Å². The van der Waals surface area contributed by atoms with E-state index in [0.717, 1.165) is 13.0 Å². The van der Waals surface area contributed by atoms with Crippen LogP contribution in [-0.4, -0.2) is 6.54 Å². The molecule has 0 aromatic heterocycles. The third-order valence-corrected chi connectivity index (χ3v) is 2.32. The van der Waals surface area contributed by atoms with Crippen LogP contribution in [0, 0.1) is 0 Å². The van der Waals surface area contributed by atoms with E-state index in [1.165, 1.54) is 11.1 Å². The van der Waals surface area contributed by atoms with E-state index in [-0.39, 0.29) is 0 Å². The predicted molar refractivity (Wildman–Crippen MR) is 53.3 cm³/mol. The van der Waals surface area contributed by atoms with Gasteiger partial charge in [-0.15, -0.1) is 0 Å². The van der Waals surface area contributed by atoms with Gasteiger partial charge >= 0.3 is 0 Å². The SMILES string of the molecule is CCc1ccccc1[C@@H](C)CN. The molecule has 0 aliphatic heterocycles. The molecule has 0 bridgehead atoms. The molecule has 66 valence electrons. The maximum atomic E-state index is 5.63. The molecule has 1 rings (SSSR count). The Hall–Kier alpha value is -0.820. The Morgan fingerprint density at radius 3 is 2.58 bits per heavy atom. The van der Waals surface area contributed by atoms with Gasteiger partial charge in [0.15, 0.2) is 0 Å². The van der Waals surface area contributed by atoms with Gasteiger partial charge in [-0.25, -0.2) is 0 Å². The number of benzene rings is 1. The van der Waals surface area contributed by atoms with Crippen molar-refractivity contribution < 1.29 is 0 Å². The van der Waals surface area contributed by atoms with Crippen LogP contribution in [0.1, 0.15) is 30.9 Å². The number of hydrogen-bond acceptors (Lipinski definition) is 1. The van der Waals surface area contributed by atoms with Gasteiger partial charge in [0.1, 0.15) is 0 Å². The Morgan fingerprint density at radius 2 is 2.00 bits per heavy atom. The monoisotopic (exact) mass is 163 g/mol. The van der Waals surface area contributed by atoms with Gasteiger partial charge in [-0.1, -0.05) is 38.1 Å². The van der Waals surface area contributed by atoms with Crippen LogP contribution in [0.15, 0.2) is 24.3 Å². The molecular weight excluding hydrogens is 146 g/mol. The fourth-order valence-electron chi connectivity index (χ4n) is 1.46. The van der Waals surface area contributed by atoms with Gasteiger partial charge in [-0.3, -0.25) is 0 Å². The molecule has 1 aromatic rings. The summed E-state index contributed by atoms with van der Waals surface area (Å²) in [6, 6.07) is 8.53. The average molecular weight is 163 g/mol. The van der Waals surface area contributed by atoms with Crippen molar-refractivity contribution in [2.75, 3.05) is 6.54 Å². The van der Waals surface area contributed by atoms with Crippen molar-refractivity contribution in [1.29, 1.82) is 0 Å². The van der Waals surface area contributed by atoms with E-state index in [2.05, 4.69) is 38.1 Å². The molecule has 0 saturated heterocycles. The Labute approximate surface area is 74.6 Å². The zero-order valence-electron chi connectivity index (χ0n) is 7.88. The molecule has 1 nitrogen and oxygen atoms in total. The number of aryl methyl sites for hydroxylation is 1. The number of rotatable bonds is 3. The lowest BCUT2D eigenvalue weighted by molar-refractivity contribution is 0.762. The van der Waals surface area contributed by atoms with Gasteiger partial charge in [0, 0.05) is 0 Å².